The summed E-state index contributed by atoms with van der Waals surface area (Å²) in [5.74, 6) is 0.165. The summed E-state index contributed by atoms with van der Waals surface area (Å²) in [6.07, 6.45) is 4.52. The van der Waals surface area contributed by atoms with Crippen molar-refractivity contribution in [2.45, 2.75) is 32.8 Å². The Morgan fingerprint density at radius 1 is 1.64 bits per heavy atom. The molecule has 1 heterocycles. The largest absolute Gasteiger partial charge is 0.459 e. The molecule has 0 saturated carbocycles. The first-order valence-corrected chi connectivity index (χ1v) is 3.91. The van der Waals surface area contributed by atoms with Crippen LogP contribution in [0.5, 0.6) is 0 Å². The highest BCUT2D eigenvalue weighted by Gasteiger charge is 2.39. The summed E-state index contributed by atoms with van der Waals surface area (Å²) in [4.78, 5) is 10.9. The Hall–Kier alpha value is -0.790. The maximum Gasteiger partial charge on any atom is 0.307 e. The van der Waals surface area contributed by atoms with Crippen molar-refractivity contribution in [1.82, 2.24) is 0 Å². The van der Waals surface area contributed by atoms with Crippen molar-refractivity contribution in [1.29, 1.82) is 0 Å². The molecule has 1 fully saturated rings. The Labute approximate surface area is 67.2 Å². The van der Waals surface area contributed by atoms with Crippen LogP contribution in [-0.4, -0.2) is 11.6 Å². The van der Waals surface area contributed by atoms with Crippen molar-refractivity contribution >= 4 is 5.97 Å². The van der Waals surface area contributed by atoms with Crippen LogP contribution in [0.15, 0.2) is 12.2 Å². The molecule has 1 aliphatic rings. The van der Waals surface area contributed by atoms with E-state index in [0.29, 0.717) is 6.42 Å². The molecule has 0 aromatic rings. The quantitative estimate of drug-likeness (QED) is 0.426. The number of cyclic esters (lactones) is 1. The Kier molecular flexibility index (Phi) is 2.03. The van der Waals surface area contributed by atoms with E-state index in [2.05, 4.69) is 0 Å². The van der Waals surface area contributed by atoms with E-state index in [9.17, 15) is 4.79 Å². The lowest BCUT2D eigenvalue weighted by Crippen LogP contribution is -2.25. The van der Waals surface area contributed by atoms with Crippen LogP contribution in [0.25, 0.3) is 0 Å². The number of carbonyl (C=O) groups is 1. The molecule has 1 atom stereocenters. The van der Waals surface area contributed by atoms with Crippen molar-refractivity contribution < 1.29 is 9.53 Å². The third-order valence-electron chi connectivity index (χ3n) is 2.08. The molecule has 2 nitrogen and oxygen atoms in total. The first-order valence-electron chi connectivity index (χ1n) is 3.91. The molecule has 62 valence electrons. The first-order chi connectivity index (χ1) is 5.06. The highest BCUT2D eigenvalue weighted by atomic mass is 16.6. The van der Waals surface area contributed by atoms with E-state index in [1.807, 2.05) is 32.9 Å². The molecule has 0 aromatic carbocycles. The van der Waals surface area contributed by atoms with E-state index in [4.69, 9.17) is 4.74 Å². The zero-order valence-corrected chi connectivity index (χ0v) is 7.26. The second-order valence-corrected chi connectivity index (χ2v) is 3.41. The van der Waals surface area contributed by atoms with Crippen LogP contribution in [0, 0.1) is 5.92 Å². The van der Waals surface area contributed by atoms with Crippen molar-refractivity contribution in [3.05, 3.63) is 12.2 Å². The van der Waals surface area contributed by atoms with Gasteiger partial charge in [0.25, 0.3) is 0 Å². The molecular weight excluding hydrogens is 140 g/mol. The second-order valence-electron chi connectivity index (χ2n) is 3.41. The van der Waals surface area contributed by atoms with Crippen LogP contribution < -0.4 is 0 Å². The summed E-state index contributed by atoms with van der Waals surface area (Å²) >= 11 is 0. The average Bonchev–Trinajstić information content (AvgIpc) is 2.07. The van der Waals surface area contributed by atoms with E-state index in [1.54, 1.807) is 0 Å². The average molecular weight is 154 g/mol. The molecule has 0 radical (unpaired) electrons. The van der Waals surface area contributed by atoms with E-state index in [1.165, 1.54) is 0 Å². The zero-order valence-electron chi connectivity index (χ0n) is 7.26. The molecule has 0 amide bonds. The lowest BCUT2D eigenvalue weighted by molar-refractivity contribution is -0.146. The van der Waals surface area contributed by atoms with Gasteiger partial charge in [0.2, 0.25) is 0 Å². The predicted octanol–water partition coefficient (Wildman–Crippen LogP) is 1.90. The molecule has 2 heteroatoms. The minimum atomic E-state index is -0.302. The van der Waals surface area contributed by atoms with Crippen LogP contribution in [0.3, 0.4) is 0 Å². The fourth-order valence-electron chi connectivity index (χ4n) is 1.37. The lowest BCUT2D eigenvalue weighted by Gasteiger charge is -2.21. The fourth-order valence-corrected chi connectivity index (χ4v) is 1.37. The summed E-state index contributed by atoms with van der Waals surface area (Å²) < 4.78 is 5.12. The number of allylic oxidation sites excluding steroid dienone is 1. The molecule has 0 aromatic heterocycles. The molecule has 1 saturated heterocycles. The van der Waals surface area contributed by atoms with Gasteiger partial charge in [0.1, 0.15) is 5.60 Å². The van der Waals surface area contributed by atoms with Gasteiger partial charge < -0.3 is 4.74 Å². The molecule has 1 aliphatic heterocycles. The monoisotopic (exact) mass is 154 g/mol. The molecule has 0 bridgehead atoms. The van der Waals surface area contributed by atoms with E-state index in [0.717, 1.165) is 0 Å². The molecule has 11 heavy (non-hydrogen) atoms. The van der Waals surface area contributed by atoms with E-state index in [-0.39, 0.29) is 17.5 Å². The third-order valence-corrected chi connectivity index (χ3v) is 2.08. The summed E-state index contributed by atoms with van der Waals surface area (Å²) in [6, 6.07) is 0. The summed E-state index contributed by atoms with van der Waals surface area (Å²) in [5, 5.41) is 0. The smallest absolute Gasteiger partial charge is 0.307 e. The highest BCUT2D eigenvalue weighted by Crippen LogP contribution is 2.32. The number of ether oxygens (including phenoxy) is 1. The molecular formula is C9H14O2. The van der Waals surface area contributed by atoms with Gasteiger partial charge in [0.15, 0.2) is 0 Å². The minimum Gasteiger partial charge on any atom is -0.459 e. The van der Waals surface area contributed by atoms with Gasteiger partial charge in [0.05, 0.1) is 6.42 Å². The Morgan fingerprint density at radius 3 is 2.64 bits per heavy atom. The molecule has 0 unspecified atom stereocenters. The lowest BCUT2D eigenvalue weighted by atomic mass is 9.91. The van der Waals surface area contributed by atoms with Gasteiger partial charge in [-0.3, -0.25) is 4.79 Å². The second kappa shape index (κ2) is 2.68. The number of esters is 1. The van der Waals surface area contributed by atoms with Gasteiger partial charge in [0, 0.05) is 5.92 Å². The van der Waals surface area contributed by atoms with Gasteiger partial charge in [-0.2, -0.15) is 0 Å². The van der Waals surface area contributed by atoms with Crippen molar-refractivity contribution in [3.8, 4) is 0 Å². The van der Waals surface area contributed by atoms with Crippen LogP contribution in [-0.2, 0) is 9.53 Å². The number of hydrogen-bond donors (Lipinski definition) is 0. The Morgan fingerprint density at radius 2 is 2.27 bits per heavy atom. The Bertz CT molecular complexity index is 192. The normalized spacial score (nSPS) is 29.4. The molecule has 0 spiro atoms. The standard InChI is InChI=1S/C9H14O2/c1-4-5-7-6-8(10)11-9(7,2)3/h4-5,7H,6H2,1-3H3/t7-/m1/s1. The van der Waals surface area contributed by atoms with Crippen molar-refractivity contribution in [2.24, 2.45) is 5.92 Å². The van der Waals surface area contributed by atoms with Gasteiger partial charge in [-0.25, -0.2) is 0 Å². The van der Waals surface area contributed by atoms with Crippen molar-refractivity contribution in [2.75, 3.05) is 0 Å². The highest BCUT2D eigenvalue weighted by molar-refractivity contribution is 5.73. The van der Waals surface area contributed by atoms with Crippen molar-refractivity contribution in [3.63, 3.8) is 0 Å². The van der Waals surface area contributed by atoms with Crippen LogP contribution in [0.4, 0.5) is 0 Å². The molecule has 0 aliphatic carbocycles. The van der Waals surface area contributed by atoms with Crippen LogP contribution in [0.2, 0.25) is 0 Å². The summed E-state index contributed by atoms with van der Waals surface area (Å²) in [5.41, 5.74) is -0.302. The van der Waals surface area contributed by atoms with Gasteiger partial charge >= 0.3 is 5.97 Å². The molecule has 0 N–H and O–H groups in total. The predicted molar refractivity (Wildman–Crippen MR) is 43.1 cm³/mol. The Balaban J connectivity index is 2.73. The van der Waals surface area contributed by atoms with Crippen LogP contribution in [0.1, 0.15) is 27.2 Å². The first kappa shape index (κ1) is 8.31. The topological polar surface area (TPSA) is 26.3 Å². The van der Waals surface area contributed by atoms with Gasteiger partial charge in [-0.1, -0.05) is 12.2 Å². The SMILES string of the molecule is CC=C[C@@H]1CC(=O)OC1(C)C. The van der Waals surface area contributed by atoms with Gasteiger partial charge in [-0.05, 0) is 20.8 Å². The molecule has 1 rings (SSSR count). The van der Waals surface area contributed by atoms with Gasteiger partial charge in [-0.15, -0.1) is 0 Å². The maximum atomic E-state index is 10.9. The van der Waals surface area contributed by atoms with E-state index < -0.39 is 0 Å². The minimum absolute atomic E-state index is 0.0851. The zero-order chi connectivity index (χ0) is 8.48. The number of rotatable bonds is 1. The van der Waals surface area contributed by atoms with E-state index >= 15 is 0 Å². The summed E-state index contributed by atoms with van der Waals surface area (Å²) in [7, 11) is 0. The van der Waals surface area contributed by atoms with Crippen LogP contribution >= 0.6 is 0 Å². The number of carbonyl (C=O) groups excluding carboxylic acids is 1. The summed E-state index contributed by atoms with van der Waals surface area (Å²) in [6.45, 7) is 5.85. The maximum absolute atomic E-state index is 10.9. The third kappa shape index (κ3) is 1.62. The number of hydrogen-bond acceptors (Lipinski definition) is 2. The fraction of sp³-hybridized carbons (Fsp3) is 0.667.